The van der Waals surface area contributed by atoms with E-state index >= 15 is 0 Å². The summed E-state index contributed by atoms with van der Waals surface area (Å²) in [6.45, 7) is 8.97. The topological polar surface area (TPSA) is 17.8 Å². The second-order valence-electron chi connectivity index (χ2n) is 7.48. The molecule has 0 atom stereocenters. The Morgan fingerprint density at radius 1 is 1.00 bits per heavy atom. The minimum atomic E-state index is 0.423. The average Bonchev–Trinajstić information content (AvgIpc) is 3.36. The zero-order valence-electron chi connectivity index (χ0n) is 16.9. The van der Waals surface area contributed by atoms with Crippen molar-refractivity contribution in [2.75, 3.05) is 0 Å². The van der Waals surface area contributed by atoms with Gasteiger partial charge in [-0.2, -0.15) is 0 Å². The van der Waals surface area contributed by atoms with Crippen LogP contribution in [0.3, 0.4) is 0 Å². The first-order chi connectivity index (χ1) is 13.6. The van der Waals surface area contributed by atoms with Gasteiger partial charge in [0.15, 0.2) is 0 Å². The Morgan fingerprint density at radius 2 is 1.79 bits per heavy atom. The van der Waals surface area contributed by atoms with Gasteiger partial charge in [-0.25, -0.2) is 4.98 Å². The molecule has 28 heavy (non-hydrogen) atoms. The third-order valence-electron chi connectivity index (χ3n) is 5.16. The number of rotatable bonds is 5. The molecule has 142 valence electrons. The van der Waals surface area contributed by atoms with Crippen LogP contribution in [0.25, 0.3) is 27.5 Å². The predicted octanol–water partition coefficient (Wildman–Crippen LogP) is 7.26. The lowest BCUT2D eigenvalue weighted by molar-refractivity contribution is 0.840. The maximum Gasteiger partial charge on any atom is 0.144 e. The average molecular weight is 387 g/mol. The highest BCUT2D eigenvalue weighted by Gasteiger charge is 2.18. The van der Waals surface area contributed by atoms with Crippen molar-refractivity contribution in [2.45, 2.75) is 40.0 Å². The van der Waals surface area contributed by atoms with Crippen molar-refractivity contribution >= 4 is 11.3 Å². The van der Waals surface area contributed by atoms with Crippen molar-refractivity contribution in [2.24, 2.45) is 0 Å². The van der Waals surface area contributed by atoms with Crippen molar-refractivity contribution in [3.63, 3.8) is 0 Å². The van der Waals surface area contributed by atoms with E-state index in [0.717, 1.165) is 17.8 Å². The molecule has 2 heterocycles. The molecule has 0 N–H and O–H groups in total. The number of thiophene rings is 1. The number of imidazole rings is 1. The smallest absolute Gasteiger partial charge is 0.144 e. The van der Waals surface area contributed by atoms with Crippen molar-refractivity contribution in [3.05, 3.63) is 83.0 Å². The first kappa shape index (κ1) is 18.7. The lowest BCUT2D eigenvalue weighted by Gasteiger charge is -2.21. The molecule has 0 radical (unpaired) electrons. The van der Waals surface area contributed by atoms with Crippen molar-refractivity contribution in [1.82, 2.24) is 9.55 Å². The van der Waals surface area contributed by atoms with E-state index in [4.69, 9.17) is 0 Å². The zero-order chi connectivity index (χ0) is 19.7. The van der Waals surface area contributed by atoms with Crippen LogP contribution in [0.15, 0.2) is 67.0 Å². The minimum absolute atomic E-state index is 0.423. The fraction of sp³-hybridized carbons (Fsp3) is 0.240. The SMILES string of the molecule is CCc1cc(-c2ccc(C)s2)cc(C(C)C)c1-n1ccnc1-c1ccccc1. The van der Waals surface area contributed by atoms with Crippen molar-refractivity contribution < 1.29 is 0 Å². The maximum atomic E-state index is 4.69. The Bertz CT molecular complexity index is 1090. The quantitative estimate of drug-likeness (QED) is 0.353. The van der Waals surface area contributed by atoms with Gasteiger partial charge in [-0.1, -0.05) is 51.1 Å². The van der Waals surface area contributed by atoms with E-state index in [0.29, 0.717) is 5.92 Å². The fourth-order valence-corrected chi connectivity index (χ4v) is 4.59. The zero-order valence-corrected chi connectivity index (χ0v) is 17.8. The van der Waals surface area contributed by atoms with Crippen LogP contribution in [-0.4, -0.2) is 9.55 Å². The van der Waals surface area contributed by atoms with E-state index < -0.39 is 0 Å². The molecule has 0 spiro atoms. The van der Waals surface area contributed by atoms with Gasteiger partial charge in [-0.05, 0) is 60.2 Å². The molecule has 0 bridgehead atoms. The molecule has 0 saturated carbocycles. The summed E-state index contributed by atoms with van der Waals surface area (Å²) in [6, 6.07) is 19.6. The Hall–Kier alpha value is -2.65. The van der Waals surface area contributed by atoms with Gasteiger partial charge in [0.1, 0.15) is 5.82 Å². The monoisotopic (exact) mass is 386 g/mol. The number of benzene rings is 2. The predicted molar refractivity (Wildman–Crippen MR) is 121 cm³/mol. The van der Waals surface area contributed by atoms with Gasteiger partial charge in [0.05, 0.1) is 5.69 Å². The van der Waals surface area contributed by atoms with E-state index in [-0.39, 0.29) is 0 Å². The first-order valence-corrected chi connectivity index (χ1v) is 10.7. The second-order valence-corrected chi connectivity index (χ2v) is 8.77. The van der Waals surface area contributed by atoms with Gasteiger partial charge in [-0.15, -0.1) is 11.3 Å². The summed E-state index contributed by atoms with van der Waals surface area (Å²) in [5.74, 6) is 1.42. The molecule has 0 saturated heterocycles. The molecule has 0 aliphatic heterocycles. The largest absolute Gasteiger partial charge is 0.299 e. The summed E-state index contributed by atoms with van der Waals surface area (Å²) >= 11 is 1.86. The summed E-state index contributed by atoms with van der Waals surface area (Å²) in [6.07, 6.45) is 4.99. The van der Waals surface area contributed by atoms with Gasteiger partial charge in [-0.3, -0.25) is 4.57 Å². The molecule has 3 heteroatoms. The second kappa shape index (κ2) is 7.76. The molecule has 4 rings (SSSR count). The molecular weight excluding hydrogens is 360 g/mol. The van der Waals surface area contributed by atoms with Crippen LogP contribution in [0.1, 0.15) is 42.7 Å². The van der Waals surface area contributed by atoms with Crippen LogP contribution in [0, 0.1) is 6.92 Å². The summed E-state index contributed by atoms with van der Waals surface area (Å²) < 4.78 is 2.27. The van der Waals surface area contributed by atoms with Crippen LogP contribution in [0.5, 0.6) is 0 Å². The molecule has 0 fully saturated rings. The summed E-state index contributed by atoms with van der Waals surface area (Å²) in [5, 5.41) is 0. The fourth-order valence-electron chi connectivity index (χ4n) is 3.74. The van der Waals surface area contributed by atoms with E-state index in [2.05, 4.69) is 92.0 Å². The number of aryl methyl sites for hydroxylation is 2. The molecule has 2 aromatic carbocycles. The Labute approximate surface area is 171 Å². The molecule has 2 nitrogen and oxygen atoms in total. The molecule has 2 aromatic heterocycles. The minimum Gasteiger partial charge on any atom is -0.299 e. The highest BCUT2D eigenvalue weighted by Crippen LogP contribution is 2.37. The molecule has 0 unspecified atom stereocenters. The van der Waals surface area contributed by atoms with Crippen molar-refractivity contribution in [3.8, 4) is 27.5 Å². The van der Waals surface area contributed by atoms with Gasteiger partial charge in [0.2, 0.25) is 0 Å². The van der Waals surface area contributed by atoms with Crippen LogP contribution >= 0.6 is 11.3 Å². The van der Waals surface area contributed by atoms with E-state index in [1.54, 1.807) is 0 Å². The Kier molecular flexibility index (Phi) is 5.19. The Morgan fingerprint density at radius 3 is 2.43 bits per heavy atom. The number of aromatic nitrogens is 2. The normalized spacial score (nSPS) is 11.3. The number of nitrogens with zero attached hydrogens (tertiary/aromatic N) is 2. The molecule has 0 aliphatic rings. The number of hydrogen-bond donors (Lipinski definition) is 0. The molecule has 4 aromatic rings. The first-order valence-electron chi connectivity index (χ1n) is 9.91. The number of hydrogen-bond acceptors (Lipinski definition) is 2. The highest BCUT2D eigenvalue weighted by molar-refractivity contribution is 7.15. The lowest BCUT2D eigenvalue weighted by atomic mass is 9.93. The highest BCUT2D eigenvalue weighted by atomic mass is 32.1. The molecule has 0 aliphatic carbocycles. The van der Waals surface area contributed by atoms with Gasteiger partial charge in [0, 0.05) is 27.7 Å². The lowest BCUT2D eigenvalue weighted by Crippen LogP contribution is -2.07. The summed E-state index contributed by atoms with van der Waals surface area (Å²) in [5.41, 5.74) is 6.48. The van der Waals surface area contributed by atoms with Crippen LogP contribution in [0.2, 0.25) is 0 Å². The van der Waals surface area contributed by atoms with Crippen LogP contribution < -0.4 is 0 Å². The summed E-state index contributed by atoms with van der Waals surface area (Å²) in [7, 11) is 0. The molecular formula is C25H26N2S. The van der Waals surface area contributed by atoms with Crippen molar-refractivity contribution in [1.29, 1.82) is 0 Å². The maximum absolute atomic E-state index is 4.69. The van der Waals surface area contributed by atoms with E-state index in [1.165, 1.54) is 32.1 Å². The standard InChI is InChI=1S/C25H26N2S/c1-5-19-15-21(23-12-11-18(4)28-23)16-22(17(2)3)24(19)27-14-13-26-25(27)20-9-7-6-8-10-20/h6-17H,5H2,1-4H3. The van der Waals surface area contributed by atoms with Crippen LogP contribution in [0.4, 0.5) is 0 Å². The summed E-state index contributed by atoms with van der Waals surface area (Å²) in [4.78, 5) is 7.38. The van der Waals surface area contributed by atoms with Gasteiger partial charge >= 0.3 is 0 Å². The van der Waals surface area contributed by atoms with Gasteiger partial charge in [0.25, 0.3) is 0 Å². The van der Waals surface area contributed by atoms with Crippen LogP contribution in [-0.2, 0) is 6.42 Å². The molecule has 0 amide bonds. The third kappa shape index (κ3) is 3.43. The van der Waals surface area contributed by atoms with Gasteiger partial charge < -0.3 is 0 Å². The third-order valence-corrected chi connectivity index (χ3v) is 6.21. The van der Waals surface area contributed by atoms with E-state index in [1.807, 2.05) is 23.6 Å². The van der Waals surface area contributed by atoms with E-state index in [9.17, 15) is 0 Å². The Balaban J connectivity index is 1.94.